The molecule has 0 aromatic carbocycles. The van der Waals surface area contributed by atoms with Crippen LogP contribution >= 0.6 is 0 Å². The zero-order chi connectivity index (χ0) is 14.0. The molecule has 19 heavy (non-hydrogen) atoms. The Bertz CT molecular complexity index is 282. The van der Waals surface area contributed by atoms with Crippen LogP contribution in [0.25, 0.3) is 0 Å². The molecule has 0 radical (unpaired) electrons. The third-order valence-corrected chi connectivity index (χ3v) is 5.34. The third kappa shape index (κ3) is 3.71. The Hall–Kier alpha value is -0.120. The Morgan fingerprint density at radius 1 is 1.21 bits per heavy atom. The number of rotatable bonds is 4. The molecule has 1 heterocycles. The van der Waals surface area contributed by atoms with Crippen molar-refractivity contribution in [1.82, 2.24) is 4.90 Å². The topological polar surface area (TPSA) is 38.5 Å². The smallest absolute Gasteiger partial charge is 0.0747 e. The summed E-state index contributed by atoms with van der Waals surface area (Å²) in [4.78, 5) is 2.53. The second kappa shape index (κ2) is 6.11. The molecule has 2 rings (SSSR count). The average molecular weight is 268 g/mol. The fourth-order valence-corrected chi connectivity index (χ4v) is 3.76. The van der Waals surface area contributed by atoms with Crippen molar-refractivity contribution in [3.8, 4) is 0 Å². The average Bonchev–Trinajstić information content (AvgIpc) is 2.76. The van der Waals surface area contributed by atoms with E-state index in [1.54, 1.807) is 0 Å². The summed E-state index contributed by atoms with van der Waals surface area (Å²) in [5.41, 5.74) is 6.57. The molecule has 1 saturated carbocycles. The molecule has 0 bridgehead atoms. The fourth-order valence-electron chi connectivity index (χ4n) is 3.76. The van der Waals surface area contributed by atoms with Gasteiger partial charge in [0.05, 0.1) is 12.2 Å². The van der Waals surface area contributed by atoms with Crippen LogP contribution in [0.3, 0.4) is 0 Å². The van der Waals surface area contributed by atoms with Gasteiger partial charge in [-0.1, -0.05) is 13.8 Å². The maximum Gasteiger partial charge on any atom is 0.0747 e. The van der Waals surface area contributed by atoms with Gasteiger partial charge in [-0.2, -0.15) is 0 Å². The van der Waals surface area contributed by atoms with Gasteiger partial charge in [0.2, 0.25) is 0 Å². The van der Waals surface area contributed by atoms with Gasteiger partial charge in [-0.3, -0.25) is 4.90 Å². The molecule has 0 amide bonds. The molecule has 112 valence electrons. The lowest BCUT2D eigenvalue weighted by molar-refractivity contribution is -0.0180. The first-order valence-electron chi connectivity index (χ1n) is 8.00. The maximum absolute atomic E-state index is 6.05. The largest absolute Gasteiger partial charge is 0.374 e. The van der Waals surface area contributed by atoms with Crippen LogP contribution in [0.1, 0.15) is 59.3 Å². The summed E-state index contributed by atoms with van der Waals surface area (Å²) in [7, 11) is 2.26. The molecule has 3 unspecified atom stereocenters. The van der Waals surface area contributed by atoms with Gasteiger partial charge in [0.25, 0.3) is 0 Å². The lowest BCUT2D eigenvalue weighted by Crippen LogP contribution is -2.52. The third-order valence-electron chi connectivity index (χ3n) is 5.34. The number of ether oxygens (including phenoxy) is 1. The second-order valence-electron chi connectivity index (χ2n) is 7.43. The van der Waals surface area contributed by atoms with Crippen LogP contribution in [0, 0.1) is 5.41 Å². The minimum absolute atomic E-state index is 0.347. The van der Waals surface area contributed by atoms with Crippen molar-refractivity contribution in [3.05, 3.63) is 0 Å². The molecule has 0 aromatic heterocycles. The Kier molecular flexibility index (Phi) is 4.91. The first kappa shape index (κ1) is 15.3. The van der Waals surface area contributed by atoms with Crippen LogP contribution in [-0.2, 0) is 4.74 Å². The van der Waals surface area contributed by atoms with E-state index in [-0.39, 0.29) is 0 Å². The quantitative estimate of drug-likeness (QED) is 0.852. The normalized spacial score (nSPS) is 33.8. The monoisotopic (exact) mass is 268 g/mol. The van der Waals surface area contributed by atoms with Gasteiger partial charge >= 0.3 is 0 Å². The number of hydrogen-bond donors (Lipinski definition) is 1. The van der Waals surface area contributed by atoms with Crippen molar-refractivity contribution in [1.29, 1.82) is 0 Å². The predicted molar refractivity (Wildman–Crippen MR) is 80.2 cm³/mol. The van der Waals surface area contributed by atoms with Gasteiger partial charge in [0.15, 0.2) is 0 Å². The number of likely N-dealkylation sites (N-methyl/N-ethyl adjacent to an activating group) is 1. The minimum atomic E-state index is 0.347. The number of nitrogens with two attached hydrogens (primary N) is 1. The highest BCUT2D eigenvalue weighted by Crippen LogP contribution is 2.37. The van der Waals surface area contributed by atoms with Crippen molar-refractivity contribution >= 4 is 0 Å². The highest BCUT2D eigenvalue weighted by atomic mass is 16.5. The summed E-state index contributed by atoms with van der Waals surface area (Å²) >= 11 is 0. The molecular weight excluding hydrogens is 236 g/mol. The molecular formula is C16H32N2O. The van der Waals surface area contributed by atoms with Crippen molar-refractivity contribution in [2.75, 3.05) is 13.6 Å². The van der Waals surface area contributed by atoms with E-state index in [0.717, 1.165) is 0 Å². The van der Waals surface area contributed by atoms with Gasteiger partial charge in [-0.05, 0) is 57.9 Å². The Balaban J connectivity index is 1.91. The SMILES string of the molecule is CC1CCC(C(CN)N(C)C2CCC(C)(C)CC2)O1. The van der Waals surface area contributed by atoms with E-state index >= 15 is 0 Å². The Labute approximate surface area is 118 Å². The Morgan fingerprint density at radius 2 is 1.84 bits per heavy atom. The highest BCUT2D eigenvalue weighted by Gasteiger charge is 2.36. The summed E-state index contributed by atoms with van der Waals surface area (Å²) in [6.07, 6.45) is 8.41. The zero-order valence-electron chi connectivity index (χ0n) is 13.2. The van der Waals surface area contributed by atoms with E-state index in [0.29, 0.717) is 36.3 Å². The molecule has 2 N–H and O–H groups in total. The van der Waals surface area contributed by atoms with E-state index in [9.17, 15) is 0 Å². The standard InChI is InChI=1S/C16H32N2O/c1-12-5-6-15(19-12)14(11-17)18(4)13-7-9-16(2,3)10-8-13/h12-15H,5-11,17H2,1-4H3. The van der Waals surface area contributed by atoms with Crippen LogP contribution < -0.4 is 5.73 Å². The van der Waals surface area contributed by atoms with E-state index in [1.807, 2.05) is 0 Å². The number of nitrogens with zero attached hydrogens (tertiary/aromatic N) is 1. The van der Waals surface area contributed by atoms with E-state index in [4.69, 9.17) is 10.5 Å². The molecule has 1 aliphatic carbocycles. The lowest BCUT2D eigenvalue weighted by atomic mass is 9.75. The summed E-state index contributed by atoms with van der Waals surface area (Å²) in [6.45, 7) is 7.68. The predicted octanol–water partition coefficient (Wildman–Crippen LogP) is 2.78. The summed E-state index contributed by atoms with van der Waals surface area (Å²) in [5, 5.41) is 0. The van der Waals surface area contributed by atoms with Crippen molar-refractivity contribution in [2.24, 2.45) is 11.1 Å². The van der Waals surface area contributed by atoms with E-state index in [1.165, 1.54) is 38.5 Å². The summed E-state index contributed by atoms with van der Waals surface area (Å²) < 4.78 is 6.05. The Morgan fingerprint density at radius 3 is 2.32 bits per heavy atom. The molecule has 0 spiro atoms. The fraction of sp³-hybridized carbons (Fsp3) is 1.00. The molecule has 2 fully saturated rings. The zero-order valence-corrected chi connectivity index (χ0v) is 13.2. The summed E-state index contributed by atoms with van der Waals surface area (Å²) in [6, 6.07) is 1.09. The maximum atomic E-state index is 6.05. The molecule has 1 aliphatic heterocycles. The van der Waals surface area contributed by atoms with Gasteiger partial charge in [0.1, 0.15) is 0 Å². The van der Waals surface area contributed by atoms with E-state index < -0.39 is 0 Å². The molecule has 2 aliphatic rings. The molecule has 1 saturated heterocycles. The second-order valence-corrected chi connectivity index (χ2v) is 7.43. The van der Waals surface area contributed by atoms with Gasteiger partial charge in [0, 0.05) is 18.6 Å². The first-order valence-corrected chi connectivity index (χ1v) is 8.00. The van der Waals surface area contributed by atoms with Gasteiger partial charge in [-0.25, -0.2) is 0 Å². The van der Waals surface area contributed by atoms with Crippen LogP contribution in [0.4, 0.5) is 0 Å². The molecule has 3 heteroatoms. The minimum Gasteiger partial charge on any atom is -0.374 e. The van der Waals surface area contributed by atoms with Crippen molar-refractivity contribution in [2.45, 2.75) is 83.6 Å². The van der Waals surface area contributed by atoms with Crippen LogP contribution in [-0.4, -0.2) is 42.8 Å². The first-order chi connectivity index (χ1) is 8.93. The van der Waals surface area contributed by atoms with Crippen LogP contribution in [0.2, 0.25) is 0 Å². The molecule has 3 nitrogen and oxygen atoms in total. The summed E-state index contributed by atoms with van der Waals surface area (Å²) in [5.74, 6) is 0. The lowest BCUT2D eigenvalue weighted by Gasteiger charge is -2.43. The van der Waals surface area contributed by atoms with Crippen LogP contribution in [0.15, 0.2) is 0 Å². The van der Waals surface area contributed by atoms with Gasteiger partial charge < -0.3 is 10.5 Å². The number of hydrogen-bond acceptors (Lipinski definition) is 3. The van der Waals surface area contributed by atoms with E-state index in [2.05, 4.69) is 32.7 Å². The highest BCUT2D eigenvalue weighted by molar-refractivity contribution is 4.90. The van der Waals surface area contributed by atoms with Crippen molar-refractivity contribution in [3.63, 3.8) is 0 Å². The molecule has 3 atom stereocenters. The van der Waals surface area contributed by atoms with Gasteiger partial charge in [-0.15, -0.1) is 0 Å². The molecule has 0 aromatic rings. The van der Waals surface area contributed by atoms with Crippen molar-refractivity contribution < 1.29 is 4.74 Å². The van der Waals surface area contributed by atoms with Crippen LogP contribution in [0.5, 0.6) is 0 Å².